The normalized spacial score (nSPS) is 14.4. The van der Waals surface area contributed by atoms with Crippen molar-refractivity contribution in [3.63, 3.8) is 0 Å². The van der Waals surface area contributed by atoms with E-state index in [0.717, 1.165) is 89.9 Å². The molecule has 0 spiro atoms. The molecular weight excluding hydrogens is 806 g/mol. The fraction of sp³-hybridized carbons (Fsp3) is 0.660. The van der Waals surface area contributed by atoms with E-state index in [4.69, 9.17) is 13.8 Å². The average Bonchev–Trinajstić information content (AvgIpc) is 3.25. The average molecular weight is 890 g/mol. The predicted octanol–water partition coefficient (Wildman–Crippen LogP) is 12.7. The van der Waals surface area contributed by atoms with Crippen molar-refractivity contribution in [2.45, 2.75) is 193 Å². The number of aliphatic hydroxyl groups excluding tert-OH is 1. The van der Waals surface area contributed by atoms with Gasteiger partial charge in [0.15, 0.2) is 6.04 Å². The molecule has 0 aromatic carbocycles. The summed E-state index contributed by atoms with van der Waals surface area (Å²) in [4.78, 5) is 46.0. The van der Waals surface area contributed by atoms with E-state index in [1.54, 1.807) is 0 Å². The van der Waals surface area contributed by atoms with E-state index >= 15 is 0 Å². The van der Waals surface area contributed by atoms with Gasteiger partial charge in [-0.05, 0) is 96.3 Å². The van der Waals surface area contributed by atoms with Crippen molar-refractivity contribution in [2.24, 2.45) is 0 Å². The molecule has 354 valence electrons. The lowest BCUT2D eigenvalue weighted by Gasteiger charge is -2.18. The smallest absolute Gasteiger partial charge is 0.472 e. The van der Waals surface area contributed by atoms with E-state index in [0.29, 0.717) is 12.8 Å². The summed E-state index contributed by atoms with van der Waals surface area (Å²) < 4.78 is 26.9. The van der Waals surface area contributed by atoms with E-state index in [9.17, 15) is 34.1 Å². The van der Waals surface area contributed by atoms with Crippen molar-refractivity contribution in [1.82, 2.24) is 5.32 Å². The van der Waals surface area contributed by atoms with Gasteiger partial charge in [-0.1, -0.05) is 157 Å². The summed E-state index contributed by atoms with van der Waals surface area (Å²) in [6, 6.07) is -1.56. The number of nitrogens with one attached hydrogen (secondary N) is 1. The monoisotopic (exact) mass is 890 g/mol. The fourth-order valence-corrected chi connectivity index (χ4v) is 6.72. The van der Waals surface area contributed by atoms with Crippen molar-refractivity contribution in [3.05, 3.63) is 85.1 Å². The van der Waals surface area contributed by atoms with Crippen LogP contribution in [0.5, 0.6) is 0 Å². The second-order valence-corrected chi connectivity index (χ2v) is 17.0. The zero-order chi connectivity index (χ0) is 45.6. The Bertz CT molecular complexity index is 1370. The number of phosphoric acid groups is 1. The molecule has 0 aliphatic heterocycles. The molecule has 62 heavy (non-hydrogen) atoms. The van der Waals surface area contributed by atoms with E-state index in [2.05, 4.69) is 104 Å². The summed E-state index contributed by atoms with van der Waals surface area (Å²) >= 11 is 0. The third kappa shape index (κ3) is 43.3. The lowest BCUT2D eigenvalue weighted by Crippen LogP contribution is -2.43. The van der Waals surface area contributed by atoms with Crippen LogP contribution in [-0.4, -0.2) is 64.9 Å². The van der Waals surface area contributed by atoms with E-state index in [-0.39, 0.29) is 12.8 Å². The zero-order valence-electron chi connectivity index (χ0n) is 38.4. The standard InChI is InChI=1S/C50H84NO10P/c1-3-5-7-9-11-13-15-17-19-21-23-25-27-29-31-33-35-37-39-41-48(53)51-47(50(55)56)45-61-62(57,58)60-44-46(52)43-59-49(54)42-40-38-36-34-32-30-28-26-24-22-20-18-16-14-12-10-8-6-4-2/h11-14,17-20,23-26,30,32,46-47,52H,3-10,15-16,21-22,27-29,31,33-45H2,1-2H3,(H,51,53)(H,55,56)(H,57,58)/b13-11-,14-12-,19-17-,20-18-,25-23-,26-24-,32-30-. The van der Waals surface area contributed by atoms with Crippen LogP contribution in [-0.2, 0) is 32.7 Å². The molecule has 0 aliphatic carbocycles. The molecule has 0 aliphatic rings. The summed E-state index contributed by atoms with van der Waals surface area (Å²) in [5.74, 6) is -2.43. The van der Waals surface area contributed by atoms with Crippen molar-refractivity contribution in [3.8, 4) is 0 Å². The molecular formula is C50H84NO10P. The van der Waals surface area contributed by atoms with Gasteiger partial charge in [-0.25, -0.2) is 9.36 Å². The Labute approximate surface area is 375 Å². The lowest BCUT2D eigenvalue weighted by molar-refractivity contribution is -0.147. The minimum Gasteiger partial charge on any atom is -0.480 e. The van der Waals surface area contributed by atoms with Gasteiger partial charge in [-0.2, -0.15) is 0 Å². The Morgan fingerprint density at radius 1 is 0.516 bits per heavy atom. The van der Waals surface area contributed by atoms with Gasteiger partial charge in [-0.15, -0.1) is 0 Å². The van der Waals surface area contributed by atoms with E-state index in [1.165, 1.54) is 51.4 Å². The van der Waals surface area contributed by atoms with Crippen LogP contribution in [0.4, 0.5) is 0 Å². The van der Waals surface area contributed by atoms with E-state index in [1.807, 2.05) is 0 Å². The van der Waals surface area contributed by atoms with Gasteiger partial charge in [-0.3, -0.25) is 18.6 Å². The number of hydrogen-bond acceptors (Lipinski definition) is 8. The summed E-state index contributed by atoms with van der Waals surface area (Å²) in [5.41, 5.74) is 0. The maximum atomic E-state index is 12.3. The molecule has 0 aromatic heterocycles. The predicted molar refractivity (Wildman–Crippen MR) is 254 cm³/mol. The molecule has 0 saturated heterocycles. The maximum Gasteiger partial charge on any atom is 0.472 e. The molecule has 3 unspecified atom stereocenters. The highest BCUT2D eigenvalue weighted by molar-refractivity contribution is 7.47. The highest BCUT2D eigenvalue weighted by Crippen LogP contribution is 2.43. The van der Waals surface area contributed by atoms with Gasteiger partial charge >= 0.3 is 19.8 Å². The van der Waals surface area contributed by atoms with Gasteiger partial charge in [0.25, 0.3) is 0 Å². The van der Waals surface area contributed by atoms with Crippen molar-refractivity contribution in [1.29, 1.82) is 0 Å². The van der Waals surface area contributed by atoms with Crippen molar-refractivity contribution >= 4 is 25.7 Å². The highest BCUT2D eigenvalue weighted by Gasteiger charge is 2.28. The Hall–Kier alpha value is -3.34. The minimum absolute atomic E-state index is 0.124. The Kier molecular flexibility index (Phi) is 41.9. The Morgan fingerprint density at radius 3 is 1.34 bits per heavy atom. The molecule has 0 heterocycles. The van der Waals surface area contributed by atoms with E-state index < -0.39 is 57.6 Å². The number of carbonyl (C=O) groups is 3. The molecule has 0 fully saturated rings. The number of unbranched alkanes of at least 4 members (excludes halogenated alkanes) is 15. The fourth-order valence-electron chi connectivity index (χ4n) is 5.95. The molecule has 0 radical (unpaired) electrons. The highest BCUT2D eigenvalue weighted by atomic mass is 31.2. The molecule has 0 bridgehead atoms. The molecule has 0 saturated carbocycles. The zero-order valence-corrected chi connectivity index (χ0v) is 39.3. The second-order valence-electron chi connectivity index (χ2n) is 15.6. The van der Waals surface area contributed by atoms with Crippen molar-refractivity contribution < 1.29 is 47.8 Å². The first kappa shape index (κ1) is 58.7. The summed E-state index contributed by atoms with van der Waals surface area (Å²) in [5, 5.41) is 21.9. The number of rotatable bonds is 43. The number of esters is 1. The summed E-state index contributed by atoms with van der Waals surface area (Å²) in [7, 11) is -4.78. The largest absolute Gasteiger partial charge is 0.480 e. The number of carboxylic acids is 1. The first-order valence-electron chi connectivity index (χ1n) is 23.6. The van der Waals surface area contributed by atoms with Crippen LogP contribution in [0.1, 0.15) is 181 Å². The third-order valence-electron chi connectivity index (χ3n) is 9.66. The number of phosphoric ester groups is 1. The number of aliphatic hydroxyl groups is 1. The molecule has 12 heteroatoms. The minimum atomic E-state index is -4.78. The number of carbonyl (C=O) groups excluding carboxylic acids is 2. The molecule has 3 atom stereocenters. The second kappa shape index (κ2) is 44.3. The van der Waals surface area contributed by atoms with Gasteiger partial charge < -0.3 is 25.2 Å². The number of hydrogen-bond donors (Lipinski definition) is 4. The number of amides is 1. The van der Waals surface area contributed by atoms with Crippen LogP contribution < -0.4 is 5.32 Å². The van der Waals surface area contributed by atoms with Gasteiger partial charge in [0.1, 0.15) is 12.7 Å². The molecule has 0 aromatic rings. The van der Waals surface area contributed by atoms with Crippen LogP contribution in [0, 0.1) is 0 Å². The van der Waals surface area contributed by atoms with Crippen LogP contribution in [0.25, 0.3) is 0 Å². The number of aliphatic carboxylic acids is 1. The van der Waals surface area contributed by atoms with Crippen LogP contribution >= 0.6 is 7.82 Å². The lowest BCUT2D eigenvalue weighted by atomic mass is 10.1. The SMILES string of the molecule is CCCCC/C=C\C/C=C\C/C=C\C/C=C\CCCCCC(=O)OCC(O)COP(=O)(O)OCC(NC(=O)CCCCCCCC/C=C\C/C=C\C/C=C\CCCCC)C(=O)O. The van der Waals surface area contributed by atoms with Crippen LogP contribution in [0.15, 0.2) is 85.1 Å². The van der Waals surface area contributed by atoms with Gasteiger partial charge in [0, 0.05) is 12.8 Å². The Balaban J connectivity index is 3.97. The van der Waals surface area contributed by atoms with Crippen LogP contribution in [0.2, 0.25) is 0 Å². The molecule has 11 nitrogen and oxygen atoms in total. The molecule has 1 amide bonds. The van der Waals surface area contributed by atoms with Gasteiger partial charge in [0.2, 0.25) is 5.91 Å². The first-order chi connectivity index (χ1) is 30.1. The summed E-state index contributed by atoms with van der Waals surface area (Å²) in [6.07, 6.45) is 54.5. The Morgan fingerprint density at radius 2 is 0.887 bits per heavy atom. The van der Waals surface area contributed by atoms with Crippen molar-refractivity contribution in [2.75, 3.05) is 19.8 Å². The number of carboxylic acid groups (broad SMARTS) is 1. The van der Waals surface area contributed by atoms with Crippen LogP contribution in [0.3, 0.4) is 0 Å². The quantitative estimate of drug-likeness (QED) is 0.0200. The number of ether oxygens (including phenoxy) is 1. The summed E-state index contributed by atoms with van der Waals surface area (Å²) in [6.45, 7) is 2.49. The van der Waals surface area contributed by atoms with Gasteiger partial charge in [0.05, 0.1) is 13.2 Å². The first-order valence-corrected chi connectivity index (χ1v) is 25.1. The molecule has 0 rings (SSSR count). The third-order valence-corrected chi connectivity index (χ3v) is 10.6. The number of allylic oxidation sites excluding steroid dienone is 14. The maximum absolute atomic E-state index is 12.3. The topological polar surface area (TPSA) is 169 Å². The molecule has 4 N–H and O–H groups in total.